The molecule has 98 valence electrons. The highest BCUT2D eigenvalue weighted by Crippen LogP contribution is 2.26. The molecule has 0 aliphatic carbocycles. The molecule has 2 heterocycles. The van der Waals surface area contributed by atoms with Crippen molar-refractivity contribution in [1.29, 1.82) is 0 Å². The number of nitrogens with zero attached hydrogens (tertiary/aromatic N) is 2. The van der Waals surface area contributed by atoms with Crippen LogP contribution in [-0.2, 0) is 0 Å². The first-order valence-corrected chi connectivity index (χ1v) is 7.16. The van der Waals surface area contributed by atoms with Crippen LogP contribution in [-0.4, -0.2) is 29.1 Å². The summed E-state index contributed by atoms with van der Waals surface area (Å²) in [6, 6.07) is 8.52. The maximum Gasteiger partial charge on any atom is 0.222 e. The molecule has 5 heteroatoms. The Labute approximate surface area is 120 Å². The first-order chi connectivity index (χ1) is 9.33. The van der Waals surface area contributed by atoms with E-state index in [4.69, 9.17) is 0 Å². The summed E-state index contributed by atoms with van der Waals surface area (Å²) in [6.45, 7) is 2.04. The van der Waals surface area contributed by atoms with Gasteiger partial charge in [0.1, 0.15) is 0 Å². The predicted molar refractivity (Wildman–Crippen MR) is 80.1 cm³/mol. The van der Waals surface area contributed by atoms with Crippen LogP contribution in [0.25, 0.3) is 11.1 Å². The molecule has 4 nitrogen and oxygen atoms in total. The van der Waals surface area contributed by atoms with Crippen LogP contribution in [0.3, 0.4) is 0 Å². The van der Waals surface area contributed by atoms with Gasteiger partial charge in [0.15, 0.2) is 0 Å². The lowest BCUT2D eigenvalue weighted by Crippen LogP contribution is -2.23. The van der Waals surface area contributed by atoms with Crippen molar-refractivity contribution >= 4 is 21.9 Å². The van der Waals surface area contributed by atoms with Crippen molar-refractivity contribution in [1.82, 2.24) is 15.3 Å². The van der Waals surface area contributed by atoms with E-state index in [0.29, 0.717) is 12.0 Å². The van der Waals surface area contributed by atoms with E-state index < -0.39 is 0 Å². The fourth-order valence-corrected chi connectivity index (χ4v) is 2.71. The quantitative estimate of drug-likeness (QED) is 0.913. The Hall–Kier alpha value is -1.46. The van der Waals surface area contributed by atoms with Crippen LogP contribution in [0.4, 0.5) is 5.95 Å². The smallest absolute Gasteiger partial charge is 0.222 e. The van der Waals surface area contributed by atoms with Crippen molar-refractivity contribution in [3.63, 3.8) is 0 Å². The maximum absolute atomic E-state index is 4.39. The van der Waals surface area contributed by atoms with Crippen LogP contribution in [0, 0.1) is 0 Å². The molecule has 0 spiro atoms. The van der Waals surface area contributed by atoms with E-state index in [1.54, 1.807) is 0 Å². The van der Waals surface area contributed by atoms with Gasteiger partial charge in [-0.25, -0.2) is 9.97 Å². The summed E-state index contributed by atoms with van der Waals surface area (Å²) in [4.78, 5) is 8.78. The third kappa shape index (κ3) is 2.93. The highest BCUT2D eigenvalue weighted by molar-refractivity contribution is 9.10. The molecule has 3 rings (SSSR count). The van der Waals surface area contributed by atoms with E-state index in [1.807, 2.05) is 30.6 Å². The van der Waals surface area contributed by atoms with E-state index in [0.717, 1.165) is 35.1 Å². The Balaban J connectivity index is 1.77. The molecule has 0 radical (unpaired) electrons. The minimum Gasteiger partial charge on any atom is -0.350 e. The number of rotatable bonds is 3. The minimum atomic E-state index is 0.439. The molecular formula is C14H15BrN4. The number of nitrogens with one attached hydrogen (secondary N) is 2. The van der Waals surface area contributed by atoms with Crippen molar-refractivity contribution in [2.45, 2.75) is 12.5 Å². The average Bonchev–Trinajstić information content (AvgIpc) is 2.93. The molecule has 2 N–H and O–H groups in total. The lowest BCUT2D eigenvalue weighted by Gasteiger charge is -2.11. The van der Waals surface area contributed by atoms with E-state index in [-0.39, 0.29) is 0 Å². The van der Waals surface area contributed by atoms with Crippen LogP contribution in [0.2, 0.25) is 0 Å². The molecule has 1 aromatic carbocycles. The van der Waals surface area contributed by atoms with Crippen LogP contribution in [0.1, 0.15) is 6.42 Å². The van der Waals surface area contributed by atoms with Crippen LogP contribution >= 0.6 is 15.9 Å². The second-order valence-corrected chi connectivity index (χ2v) is 5.46. The number of halogens is 1. The fourth-order valence-electron chi connectivity index (χ4n) is 2.20. The topological polar surface area (TPSA) is 49.8 Å². The van der Waals surface area contributed by atoms with E-state index in [1.165, 1.54) is 0 Å². The summed E-state index contributed by atoms with van der Waals surface area (Å²) in [5, 5.41) is 6.65. The third-order valence-corrected chi connectivity index (χ3v) is 3.92. The second kappa shape index (κ2) is 5.67. The van der Waals surface area contributed by atoms with Gasteiger partial charge >= 0.3 is 0 Å². The van der Waals surface area contributed by atoms with Gasteiger partial charge in [-0.1, -0.05) is 34.1 Å². The molecular weight excluding hydrogens is 304 g/mol. The summed E-state index contributed by atoms with van der Waals surface area (Å²) in [5.74, 6) is 0.699. The largest absolute Gasteiger partial charge is 0.350 e. The third-order valence-electron chi connectivity index (χ3n) is 3.23. The van der Waals surface area contributed by atoms with Crippen LogP contribution < -0.4 is 10.6 Å². The van der Waals surface area contributed by atoms with Gasteiger partial charge in [-0.3, -0.25) is 0 Å². The number of hydrogen-bond acceptors (Lipinski definition) is 4. The van der Waals surface area contributed by atoms with E-state index in [2.05, 4.69) is 42.6 Å². The first kappa shape index (κ1) is 12.6. The summed E-state index contributed by atoms with van der Waals surface area (Å²) in [7, 11) is 0. The molecule has 1 unspecified atom stereocenters. The van der Waals surface area contributed by atoms with Gasteiger partial charge in [-0.15, -0.1) is 0 Å². The van der Waals surface area contributed by atoms with Crippen molar-refractivity contribution in [3.05, 3.63) is 41.1 Å². The van der Waals surface area contributed by atoms with Crippen molar-refractivity contribution in [2.24, 2.45) is 0 Å². The molecule has 1 saturated heterocycles. The molecule has 1 atom stereocenters. The predicted octanol–water partition coefficient (Wildman–Crippen LogP) is 2.68. The normalized spacial score (nSPS) is 18.5. The average molecular weight is 319 g/mol. The minimum absolute atomic E-state index is 0.439. The highest BCUT2D eigenvalue weighted by atomic mass is 79.9. The Kier molecular flexibility index (Phi) is 3.75. The Morgan fingerprint density at radius 1 is 1.21 bits per heavy atom. The number of benzene rings is 1. The lowest BCUT2D eigenvalue weighted by atomic mass is 10.1. The summed E-state index contributed by atoms with van der Waals surface area (Å²) >= 11 is 3.54. The first-order valence-electron chi connectivity index (χ1n) is 6.37. The zero-order chi connectivity index (χ0) is 13.1. The molecule has 0 amide bonds. The fraction of sp³-hybridized carbons (Fsp3) is 0.286. The summed E-state index contributed by atoms with van der Waals surface area (Å²) in [5.41, 5.74) is 2.12. The van der Waals surface area contributed by atoms with Gasteiger partial charge < -0.3 is 10.6 Å². The Morgan fingerprint density at radius 3 is 2.68 bits per heavy atom. The second-order valence-electron chi connectivity index (χ2n) is 4.61. The van der Waals surface area contributed by atoms with Gasteiger partial charge in [0.25, 0.3) is 0 Å². The molecule has 1 aliphatic rings. The zero-order valence-corrected chi connectivity index (χ0v) is 12.0. The van der Waals surface area contributed by atoms with Gasteiger partial charge in [-0.2, -0.15) is 0 Å². The lowest BCUT2D eigenvalue weighted by molar-refractivity contribution is 0.780. The van der Waals surface area contributed by atoms with Gasteiger partial charge in [0, 0.05) is 35.0 Å². The number of hydrogen-bond donors (Lipinski definition) is 2. The van der Waals surface area contributed by atoms with E-state index in [9.17, 15) is 0 Å². The number of anilines is 1. The molecule has 1 aromatic heterocycles. The molecule has 19 heavy (non-hydrogen) atoms. The molecule has 0 bridgehead atoms. The van der Waals surface area contributed by atoms with Crippen molar-refractivity contribution in [2.75, 3.05) is 18.4 Å². The van der Waals surface area contributed by atoms with Gasteiger partial charge in [-0.05, 0) is 24.6 Å². The monoisotopic (exact) mass is 318 g/mol. The van der Waals surface area contributed by atoms with Gasteiger partial charge in [0.2, 0.25) is 5.95 Å². The zero-order valence-electron chi connectivity index (χ0n) is 10.4. The highest BCUT2D eigenvalue weighted by Gasteiger charge is 2.14. The molecule has 1 fully saturated rings. The van der Waals surface area contributed by atoms with Crippen LogP contribution in [0.5, 0.6) is 0 Å². The summed E-state index contributed by atoms with van der Waals surface area (Å²) in [6.07, 6.45) is 4.84. The van der Waals surface area contributed by atoms with Crippen LogP contribution in [0.15, 0.2) is 41.1 Å². The van der Waals surface area contributed by atoms with Crippen molar-refractivity contribution < 1.29 is 0 Å². The standard InChI is InChI=1S/C14H15BrN4/c15-13-4-2-1-3-12(13)10-7-17-14(18-8-10)19-11-5-6-16-9-11/h1-4,7-8,11,16H,5-6,9H2,(H,17,18,19). The SMILES string of the molecule is Brc1ccccc1-c1cnc(NC2CCNC2)nc1. The van der Waals surface area contributed by atoms with E-state index >= 15 is 0 Å². The Bertz CT molecular complexity index is 550. The molecule has 1 aliphatic heterocycles. The molecule has 0 saturated carbocycles. The van der Waals surface area contributed by atoms with Crippen molar-refractivity contribution in [3.8, 4) is 11.1 Å². The number of aromatic nitrogens is 2. The van der Waals surface area contributed by atoms with Gasteiger partial charge in [0.05, 0.1) is 0 Å². The maximum atomic E-state index is 4.39. The Morgan fingerprint density at radius 2 is 2.00 bits per heavy atom. The molecule has 2 aromatic rings. The summed E-state index contributed by atoms with van der Waals surface area (Å²) < 4.78 is 1.05.